The largest absolute Gasteiger partial charge is 0.494 e. The molecule has 2 aliphatic heterocycles. The van der Waals surface area contributed by atoms with Crippen LogP contribution in [0.2, 0.25) is 0 Å². The third-order valence-electron chi connectivity index (χ3n) is 6.19. The van der Waals surface area contributed by atoms with E-state index in [4.69, 9.17) is 4.74 Å². The molecule has 2 saturated heterocycles. The molecule has 2 aliphatic rings. The van der Waals surface area contributed by atoms with Gasteiger partial charge < -0.3 is 14.7 Å². The lowest BCUT2D eigenvalue weighted by Gasteiger charge is -2.36. The molecule has 3 atom stereocenters. The van der Waals surface area contributed by atoms with Crippen LogP contribution < -0.4 is 4.74 Å². The highest BCUT2D eigenvalue weighted by atomic mass is 16.5. The van der Waals surface area contributed by atoms with E-state index in [2.05, 4.69) is 12.1 Å². The number of fused-ring (bicyclic) bond motifs is 2. The minimum Gasteiger partial charge on any atom is -0.494 e. The number of nitrogens with zero attached hydrogens (tertiary/aromatic N) is 1. The van der Waals surface area contributed by atoms with E-state index in [1.54, 1.807) is 0 Å². The molecular formula is C23H27NO3. The van der Waals surface area contributed by atoms with Crippen LogP contribution in [0.5, 0.6) is 5.75 Å². The first-order valence-electron chi connectivity index (χ1n) is 9.87. The molecule has 2 bridgehead atoms. The number of hydrogen-bond donors (Lipinski definition) is 1. The highest BCUT2D eigenvalue weighted by Crippen LogP contribution is 2.51. The van der Waals surface area contributed by atoms with Crippen molar-refractivity contribution in [3.8, 4) is 5.75 Å². The van der Waals surface area contributed by atoms with Crippen LogP contribution >= 0.6 is 0 Å². The van der Waals surface area contributed by atoms with Gasteiger partial charge in [-0.15, -0.1) is 0 Å². The number of rotatable bonds is 6. The molecule has 4 heteroatoms. The average Bonchev–Trinajstić information content (AvgIpc) is 3.25. The van der Waals surface area contributed by atoms with E-state index in [0.29, 0.717) is 12.2 Å². The quantitative estimate of drug-likeness (QED) is 0.849. The van der Waals surface area contributed by atoms with Gasteiger partial charge in [-0.1, -0.05) is 36.4 Å². The molecule has 1 N–H and O–H groups in total. The van der Waals surface area contributed by atoms with Gasteiger partial charge >= 0.3 is 0 Å². The number of benzene rings is 2. The zero-order valence-electron chi connectivity index (χ0n) is 15.8. The van der Waals surface area contributed by atoms with Gasteiger partial charge in [-0.3, -0.25) is 4.79 Å². The molecule has 2 fully saturated rings. The van der Waals surface area contributed by atoms with Gasteiger partial charge in [0.05, 0.1) is 13.2 Å². The van der Waals surface area contributed by atoms with Crippen LogP contribution in [0.25, 0.3) is 0 Å². The van der Waals surface area contributed by atoms with Gasteiger partial charge in [-0.05, 0) is 56.4 Å². The Morgan fingerprint density at radius 2 is 2.00 bits per heavy atom. The van der Waals surface area contributed by atoms with Crippen molar-refractivity contribution in [3.63, 3.8) is 0 Å². The molecule has 0 saturated carbocycles. The summed E-state index contributed by atoms with van der Waals surface area (Å²) in [5, 5.41) is 10.3. The summed E-state index contributed by atoms with van der Waals surface area (Å²) in [6, 6.07) is 18.1. The monoisotopic (exact) mass is 365 g/mol. The minimum atomic E-state index is -0.239. The number of aliphatic hydroxyl groups is 1. The molecule has 0 aliphatic carbocycles. The van der Waals surface area contributed by atoms with Crippen molar-refractivity contribution >= 4 is 5.91 Å². The summed E-state index contributed by atoms with van der Waals surface area (Å²) in [5.41, 5.74) is 1.66. The van der Waals surface area contributed by atoms with E-state index < -0.39 is 0 Å². The number of carbonyl (C=O) groups is 1. The number of hydrogen-bond acceptors (Lipinski definition) is 3. The smallest absolute Gasteiger partial charge is 0.254 e. The molecule has 27 heavy (non-hydrogen) atoms. The van der Waals surface area contributed by atoms with Crippen molar-refractivity contribution < 1.29 is 14.6 Å². The van der Waals surface area contributed by atoms with E-state index in [0.717, 1.165) is 31.4 Å². The molecule has 1 amide bonds. The Hall–Kier alpha value is -2.33. The molecule has 2 aromatic rings. The predicted octanol–water partition coefficient (Wildman–Crippen LogP) is 3.68. The Morgan fingerprint density at radius 1 is 1.19 bits per heavy atom. The fourth-order valence-electron chi connectivity index (χ4n) is 5.05. The summed E-state index contributed by atoms with van der Waals surface area (Å²) in [5.74, 6) is 0.792. The van der Waals surface area contributed by atoms with Crippen LogP contribution in [0, 0.1) is 5.41 Å². The maximum Gasteiger partial charge on any atom is 0.254 e. The van der Waals surface area contributed by atoms with Crippen molar-refractivity contribution in [2.75, 3.05) is 13.2 Å². The van der Waals surface area contributed by atoms with Crippen LogP contribution in [0.1, 0.15) is 42.1 Å². The molecule has 2 aromatic carbocycles. The number of aliphatic hydroxyl groups excluding tert-OH is 1. The van der Waals surface area contributed by atoms with Gasteiger partial charge in [0.1, 0.15) is 5.75 Å². The molecule has 2 heterocycles. The lowest BCUT2D eigenvalue weighted by molar-refractivity contribution is 0.0571. The van der Waals surface area contributed by atoms with E-state index in [-0.39, 0.29) is 30.0 Å². The van der Waals surface area contributed by atoms with E-state index >= 15 is 0 Å². The van der Waals surface area contributed by atoms with Crippen LogP contribution in [0.15, 0.2) is 54.6 Å². The second-order valence-corrected chi connectivity index (χ2v) is 7.81. The lowest BCUT2D eigenvalue weighted by atomic mass is 9.70. The van der Waals surface area contributed by atoms with Crippen molar-refractivity contribution in [2.24, 2.45) is 5.41 Å². The van der Waals surface area contributed by atoms with Crippen molar-refractivity contribution in [2.45, 2.75) is 44.7 Å². The van der Waals surface area contributed by atoms with E-state index in [9.17, 15) is 9.90 Å². The molecule has 4 nitrogen and oxygen atoms in total. The highest BCUT2D eigenvalue weighted by molar-refractivity contribution is 5.95. The molecule has 0 unspecified atom stereocenters. The topological polar surface area (TPSA) is 49.8 Å². The first kappa shape index (κ1) is 18.1. The standard InChI is InChI=1S/C23H27NO3/c1-2-27-20-10-6-9-18(13-20)22(26)24-19-11-12-21(24)23(15-19,16-25)14-17-7-4-3-5-8-17/h3-10,13,19,21,25H,2,11-12,14-16H2,1H3/t19-,21+,23-/m0/s1. The van der Waals surface area contributed by atoms with Crippen molar-refractivity contribution in [1.29, 1.82) is 0 Å². The Kier molecular flexibility index (Phi) is 4.92. The van der Waals surface area contributed by atoms with Crippen molar-refractivity contribution in [3.05, 3.63) is 65.7 Å². The molecule has 0 aromatic heterocycles. The summed E-state index contributed by atoms with van der Waals surface area (Å²) in [7, 11) is 0. The fraction of sp³-hybridized carbons (Fsp3) is 0.435. The predicted molar refractivity (Wildman–Crippen MR) is 105 cm³/mol. The second-order valence-electron chi connectivity index (χ2n) is 7.81. The summed E-state index contributed by atoms with van der Waals surface area (Å²) >= 11 is 0. The average molecular weight is 365 g/mol. The summed E-state index contributed by atoms with van der Waals surface area (Å²) < 4.78 is 5.56. The lowest BCUT2D eigenvalue weighted by Crippen LogP contribution is -2.43. The van der Waals surface area contributed by atoms with Gasteiger partial charge in [-0.2, -0.15) is 0 Å². The maximum absolute atomic E-state index is 13.3. The summed E-state index contributed by atoms with van der Waals surface area (Å²) in [4.78, 5) is 15.4. The molecule has 142 valence electrons. The third kappa shape index (κ3) is 3.23. The Labute approximate surface area is 160 Å². The maximum atomic E-state index is 13.3. The molecular weight excluding hydrogens is 338 g/mol. The fourth-order valence-corrected chi connectivity index (χ4v) is 5.05. The van der Waals surface area contributed by atoms with Gasteiger partial charge in [0.15, 0.2) is 0 Å². The Morgan fingerprint density at radius 3 is 2.74 bits per heavy atom. The van der Waals surface area contributed by atoms with Crippen LogP contribution in [-0.4, -0.2) is 41.2 Å². The van der Waals surface area contributed by atoms with Crippen LogP contribution in [-0.2, 0) is 6.42 Å². The van der Waals surface area contributed by atoms with Crippen LogP contribution in [0.4, 0.5) is 0 Å². The third-order valence-corrected chi connectivity index (χ3v) is 6.19. The molecule has 0 spiro atoms. The zero-order valence-corrected chi connectivity index (χ0v) is 15.8. The zero-order chi connectivity index (χ0) is 18.9. The molecule has 4 rings (SSSR count). The SMILES string of the molecule is CCOc1cccc(C(=O)N2[C@H]3CC[C@@H]2[C@@](CO)(Cc2ccccc2)C3)c1. The van der Waals surface area contributed by atoms with E-state index in [1.165, 1.54) is 5.56 Å². The summed E-state index contributed by atoms with van der Waals surface area (Å²) in [6.07, 6.45) is 3.68. The second kappa shape index (κ2) is 7.35. The van der Waals surface area contributed by atoms with Crippen molar-refractivity contribution in [1.82, 2.24) is 4.90 Å². The first-order valence-corrected chi connectivity index (χ1v) is 9.87. The van der Waals surface area contributed by atoms with Gasteiger partial charge in [0, 0.05) is 23.1 Å². The number of ether oxygens (including phenoxy) is 1. The number of carbonyl (C=O) groups excluding carboxylic acids is 1. The van der Waals surface area contributed by atoms with Gasteiger partial charge in [0.25, 0.3) is 5.91 Å². The Bertz CT molecular complexity index is 806. The molecule has 0 radical (unpaired) electrons. The summed E-state index contributed by atoms with van der Waals surface area (Å²) in [6.45, 7) is 2.64. The van der Waals surface area contributed by atoms with Gasteiger partial charge in [0.2, 0.25) is 0 Å². The highest BCUT2D eigenvalue weighted by Gasteiger charge is 2.57. The number of amides is 1. The Balaban J connectivity index is 1.59. The van der Waals surface area contributed by atoms with E-state index in [1.807, 2.05) is 54.3 Å². The minimum absolute atomic E-state index is 0.0624. The first-order chi connectivity index (χ1) is 13.2. The van der Waals surface area contributed by atoms with Gasteiger partial charge in [-0.25, -0.2) is 0 Å². The van der Waals surface area contributed by atoms with Crippen LogP contribution in [0.3, 0.4) is 0 Å². The normalized spacial score (nSPS) is 26.4.